The molecule has 1 atom stereocenters. The van der Waals surface area contributed by atoms with Crippen LogP contribution < -0.4 is 9.64 Å². The summed E-state index contributed by atoms with van der Waals surface area (Å²) in [5, 5.41) is 19.9. The van der Waals surface area contributed by atoms with Gasteiger partial charge in [0.1, 0.15) is 5.75 Å². The summed E-state index contributed by atoms with van der Waals surface area (Å²) < 4.78 is 6.48. The van der Waals surface area contributed by atoms with E-state index in [1.54, 1.807) is 6.08 Å². The Kier molecular flexibility index (Phi) is 9.28. The summed E-state index contributed by atoms with van der Waals surface area (Å²) in [7, 11) is 0. The van der Waals surface area contributed by atoms with E-state index in [-0.39, 0.29) is 5.57 Å². The Balaban J connectivity index is 1.45. The summed E-state index contributed by atoms with van der Waals surface area (Å²) in [6.45, 7) is 2.70. The number of carbonyl (C=O) groups is 2. The van der Waals surface area contributed by atoms with Crippen LogP contribution in [0.25, 0.3) is 6.08 Å². The molecule has 1 aromatic heterocycles. The average molecular weight is 584 g/mol. The molecule has 1 unspecified atom stereocenters. The van der Waals surface area contributed by atoms with Gasteiger partial charge in [0, 0.05) is 5.75 Å². The molecule has 41 heavy (non-hydrogen) atoms. The molecule has 9 heteroatoms. The molecule has 5 rings (SSSR count). The third kappa shape index (κ3) is 6.75. The van der Waals surface area contributed by atoms with Crippen LogP contribution >= 0.6 is 23.1 Å². The number of hydrogen-bond donors (Lipinski definition) is 1. The Morgan fingerprint density at radius 3 is 2.44 bits per heavy atom. The molecule has 1 aliphatic heterocycles. The maximum absolute atomic E-state index is 13.5. The number of ketones is 1. The van der Waals surface area contributed by atoms with Crippen molar-refractivity contribution in [1.82, 2.24) is 10.2 Å². The monoisotopic (exact) mass is 583 g/mol. The number of hydrogen-bond acceptors (Lipinski definition) is 8. The highest BCUT2D eigenvalue weighted by molar-refractivity contribution is 8.00. The van der Waals surface area contributed by atoms with Crippen LogP contribution in [0.3, 0.4) is 0 Å². The fourth-order valence-electron chi connectivity index (χ4n) is 4.35. The van der Waals surface area contributed by atoms with Gasteiger partial charge in [-0.3, -0.25) is 14.5 Å². The number of aromatic nitrogens is 2. The van der Waals surface area contributed by atoms with Crippen molar-refractivity contribution in [3.63, 3.8) is 0 Å². The van der Waals surface area contributed by atoms with Crippen molar-refractivity contribution in [2.45, 2.75) is 35.9 Å². The summed E-state index contributed by atoms with van der Waals surface area (Å²) in [5.41, 5.74) is 2.62. The third-order valence-corrected chi connectivity index (χ3v) is 8.60. The molecule has 2 heterocycles. The van der Waals surface area contributed by atoms with E-state index in [0.29, 0.717) is 33.1 Å². The van der Waals surface area contributed by atoms with E-state index in [1.807, 2.05) is 84.9 Å². The topological polar surface area (TPSA) is 92.6 Å². The fourth-order valence-corrected chi connectivity index (χ4v) is 6.18. The highest BCUT2D eigenvalue weighted by Gasteiger charge is 2.45. The lowest BCUT2D eigenvalue weighted by Gasteiger charge is -2.24. The van der Waals surface area contributed by atoms with Crippen molar-refractivity contribution in [2.24, 2.45) is 0 Å². The molecular formula is C32H29N3O4S2. The first-order chi connectivity index (χ1) is 20.0. The van der Waals surface area contributed by atoms with Crippen LogP contribution in [0.15, 0.2) is 107 Å². The molecule has 4 aromatic rings. The number of benzene rings is 3. The second kappa shape index (κ2) is 13.4. The predicted octanol–water partition coefficient (Wildman–Crippen LogP) is 7.19. The Morgan fingerprint density at radius 1 is 1.02 bits per heavy atom. The number of carbonyl (C=O) groups excluding carboxylic acids is 2. The predicted molar refractivity (Wildman–Crippen MR) is 163 cm³/mol. The molecule has 0 fully saturated rings. The van der Waals surface area contributed by atoms with E-state index >= 15 is 0 Å². The minimum absolute atomic E-state index is 0.00415. The van der Waals surface area contributed by atoms with E-state index in [4.69, 9.17) is 4.74 Å². The number of thioether (sulfide) groups is 1. The number of allylic oxidation sites excluding steroid dienone is 1. The zero-order valence-electron chi connectivity index (χ0n) is 22.5. The minimum atomic E-state index is -0.875. The van der Waals surface area contributed by atoms with Crippen molar-refractivity contribution in [3.05, 3.63) is 119 Å². The van der Waals surface area contributed by atoms with Crippen LogP contribution in [-0.4, -0.2) is 33.6 Å². The number of anilines is 1. The molecule has 0 aliphatic carbocycles. The van der Waals surface area contributed by atoms with Crippen molar-refractivity contribution in [2.75, 3.05) is 11.5 Å². The fraction of sp³-hybridized carbons (Fsp3) is 0.188. The highest BCUT2D eigenvalue weighted by atomic mass is 32.2. The first kappa shape index (κ1) is 28.3. The Morgan fingerprint density at radius 2 is 1.73 bits per heavy atom. The number of amides is 1. The van der Waals surface area contributed by atoms with E-state index in [0.717, 1.165) is 24.0 Å². The standard InChI is InChI=1S/C32H29N3O4S2/c1-2-3-20-39-25-17-15-24(16-18-25)28-27(26(36)19-14-22-10-6-4-7-11-22)29(37)30(38)35(28)31-33-34-32(41-31)40-21-23-12-8-5-9-13-23/h4-19,28,37H,2-3,20-21H2,1H3/b19-14+. The van der Waals surface area contributed by atoms with Gasteiger partial charge in [-0.05, 0) is 41.3 Å². The SMILES string of the molecule is CCCCOc1ccc(C2C(C(=O)/C=C/c3ccccc3)=C(O)C(=O)N2c2nnc(SCc3ccccc3)s2)cc1. The van der Waals surface area contributed by atoms with E-state index < -0.39 is 23.5 Å². The molecule has 0 radical (unpaired) electrons. The van der Waals surface area contributed by atoms with Crippen LogP contribution in [-0.2, 0) is 15.3 Å². The Hall–Kier alpha value is -4.21. The summed E-state index contributed by atoms with van der Waals surface area (Å²) in [6.07, 6.45) is 5.02. The lowest BCUT2D eigenvalue weighted by Crippen LogP contribution is -2.30. The van der Waals surface area contributed by atoms with E-state index in [1.165, 1.54) is 34.1 Å². The number of ether oxygens (including phenoxy) is 1. The lowest BCUT2D eigenvalue weighted by molar-refractivity contribution is -0.117. The van der Waals surface area contributed by atoms with Gasteiger partial charge >= 0.3 is 0 Å². The van der Waals surface area contributed by atoms with Crippen LogP contribution in [0.4, 0.5) is 5.13 Å². The van der Waals surface area contributed by atoms with Crippen molar-refractivity contribution < 1.29 is 19.4 Å². The van der Waals surface area contributed by atoms with Gasteiger partial charge in [-0.1, -0.05) is 115 Å². The zero-order valence-corrected chi connectivity index (χ0v) is 24.1. The zero-order chi connectivity index (χ0) is 28.6. The second-order valence-corrected chi connectivity index (χ2v) is 11.5. The summed E-state index contributed by atoms with van der Waals surface area (Å²) in [4.78, 5) is 28.3. The van der Waals surface area contributed by atoms with Crippen molar-refractivity contribution in [3.8, 4) is 5.75 Å². The molecule has 0 saturated heterocycles. The molecule has 7 nitrogen and oxygen atoms in total. The normalized spacial score (nSPS) is 15.2. The molecule has 0 bridgehead atoms. The Bertz CT molecular complexity index is 1550. The maximum atomic E-state index is 13.5. The lowest BCUT2D eigenvalue weighted by atomic mass is 9.95. The van der Waals surface area contributed by atoms with Crippen LogP contribution in [0.1, 0.15) is 42.5 Å². The van der Waals surface area contributed by atoms with Crippen molar-refractivity contribution in [1.29, 1.82) is 0 Å². The van der Waals surface area contributed by atoms with Gasteiger partial charge in [-0.2, -0.15) is 0 Å². The van der Waals surface area contributed by atoms with Gasteiger partial charge in [0.2, 0.25) is 5.13 Å². The molecule has 1 amide bonds. The number of aliphatic hydroxyl groups excluding tert-OH is 1. The van der Waals surface area contributed by atoms with Gasteiger partial charge in [-0.25, -0.2) is 0 Å². The Labute approximate surface area is 247 Å². The first-order valence-corrected chi connectivity index (χ1v) is 15.1. The average Bonchev–Trinajstić information content (AvgIpc) is 3.58. The molecule has 0 spiro atoms. The summed E-state index contributed by atoms with van der Waals surface area (Å²) in [5.74, 6) is -0.346. The molecular weight excluding hydrogens is 555 g/mol. The van der Waals surface area contributed by atoms with Crippen molar-refractivity contribution >= 4 is 46.0 Å². The van der Waals surface area contributed by atoms with Gasteiger partial charge in [0.15, 0.2) is 15.9 Å². The quantitative estimate of drug-likeness (QED) is 0.0816. The number of nitrogens with zero attached hydrogens (tertiary/aromatic N) is 3. The van der Waals surface area contributed by atoms with Crippen LogP contribution in [0.5, 0.6) is 5.75 Å². The van der Waals surface area contributed by atoms with Crippen LogP contribution in [0.2, 0.25) is 0 Å². The largest absolute Gasteiger partial charge is 0.503 e. The number of unbranched alkanes of at least 4 members (excludes halogenated alkanes) is 1. The molecule has 0 saturated carbocycles. The third-order valence-electron chi connectivity index (χ3n) is 6.47. The minimum Gasteiger partial charge on any atom is -0.503 e. The molecule has 208 valence electrons. The van der Waals surface area contributed by atoms with Gasteiger partial charge < -0.3 is 9.84 Å². The molecule has 1 aliphatic rings. The van der Waals surface area contributed by atoms with Gasteiger partial charge in [0.05, 0.1) is 18.2 Å². The number of rotatable bonds is 12. The summed E-state index contributed by atoms with van der Waals surface area (Å²) in [6, 6.07) is 25.7. The van der Waals surface area contributed by atoms with Crippen LogP contribution in [0, 0.1) is 0 Å². The first-order valence-electron chi connectivity index (χ1n) is 13.3. The van der Waals surface area contributed by atoms with Gasteiger partial charge in [-0.15, -0.1) is 10.2 Å². The van der Waals surface area contributed by atoms with Gasteiger partial charge in [0.25, 0.3) is 5.91 Å². The molecule has 3 aromatic carbocycles. The summed E-state index contributed by atoms with van der Waals surface area (Å²) >= 11 is 2.76. The second-order valence-electron chi connectivity index (χ2n) is 9.34. The van der Waals surface area contributed by atoms with E-state index in [2.05, 4.69) is 17.1 Å². The maximum Gasteiger partial charge on any atom is 0.296 e. The number of aliphatic hydroxyl groups is 1. The molecule has 1 N–H and O–H groups in total. The smallest absolute Gasteiger partial charge is 0.296 e. The van der Waals surface area contributed by atoms with E-state index in [9.17, 15) is 14.7 Å². The highest BCUT2D eigenvalue weighted by Crippen LogP contribution is 2.43.